The van der Waals surface area contributed by atoms with E-state index in [4.69, 9.17) is 10.9 Å². The number of hydrogen-bond acceptors (Lipinski definition) is 5. The maximum Gasteiger partial charge on any atom is 0.151 e. The van der Waals surface area contributed by atoms with Crippen LogP contribution in [0.25, 0.3) is 0 Å². The molecule has 0 aromatic carbocycles. The van der Waals surface area contributed by atoms with E-state index in [1.807, 2.05) is 17.9 Å². The SMILES string of the molecule is C#CCN(Cc1cc(C)on1)C1CCS(=O)(=O)C1. The van der Waals surface area contributed by atoms with Crippen LogP contribution in [0, 0.1) is 19.3 Å². The highest BCUT2D eigenvalue weighted by atomic mass is 32.2. The van der Waals surface area contributed by atoms with Crippen LogP contribution in [0.2, 0.25) is 0 Å². The second-order valence-corrected chi connectivity index (χ2v) is 6.82. The Kier molecular flexibility index (Phi) is 3.73. The Morgan fingerprint density at radius 3 is 2.94 bits per heavy atom. The first-order valence-corrected chi connectivity index (χ1v) is 7.62. The minimum Gasteiger partial charge on any atom is -0.361 e. The number of aromatic nitrogens is 1. The van der Waals surface area contributed by atoms with Crippen LogP contribution in [0.5, 0.6) is 0 Å². The molecule has 0 spiro atoms. The summed E-state index contributed by atoms with van der Waals surface area (Å²) in [7, 11) is -2.90. The lowest BCUT2D eigenvalue weighted by molar-refractivity contribution is 0.223. The lowest BCUT2D eigenvalue weighted by atomic mass is 10.2. The third-order valence-corrected chi connectivity index (χ3v) is 4.81. The summed E-state index contributed by atoms with van der Waals surface area (Å²) in [5.41, 5.74) is 0.784. The van der Waals surface area contributed by atoms with Gasteiger partial charge in [0.15, 0.2) is 9.84 Å². The Morgan fingerprint density at radius 1 is 1.67 bits per heavy atom. The lowest BCUT2D eigenvalue weighted by Crippen LogP contribution is -2.36. The van der Waals surface area contributed by atoms with Crippen LogP contribution in [0.4, 0.5) is 0 Å². The molecule has 1 unspecified atom stereocenters. The first kappa shape index (κ1) is 13.1. The largest absolute Gasteiger partial charge is 0.361 e. The lowest BCUT2D eigenvalue weighted by Gasteiger charge is -2.24. The number of rotatable bonds is 4. The molecule has 5 nitrogen and oxygen atoms in total. The van der Waals surface area contributed by atoms with Gasteiger partial charge in [-0.15, -0.1) is 6.42 Å². The van der Waals surface area contributed by atoms with Gasteiger partial charge in [-0.25, -0.2) is 8.42 Å². The third kappa shape index (κ3) is 3.12. The predicted octanol–water partition coefficient (Wildman–Crippen LogP) is 0.605. The molecule has 1 saturated heterocycles. The Labute approximate surface area is 107 Å². The van der Waals surface area contributed by atoms with Crippen molar-refractivity contribution in [1.29, 1.82) is 0 Å². The number of nitrogens with zero attached hydrogens (tertiary/aromatic N) is 2. The van der Waals surface area contributed by atoms with Crippen molar-refractivity contribution < 1.29 is 12.9 Å². The predicted molar refractivity (Wildman–Crippen MR) is 67.5 cm³/mol. The summed E-state index contributed by atoms with van der Waals surface area (Å²) in [5.74, 6) is 3.74. The number of hydrogen-bond donors (Lipinski definition) is 0. The van der Waals surface area contributed by atoms with Crippen LogP contribution in [0.15, 0.2) is 10.6 Å². The van der Waals surface area contributed by atoms with Gasteiger partial charge in [-0.2, -0.15) is 0 Å². The zero-order valence-corrected chi connectivity index (χ0v) is 11.1. The normalized spacial score (nSPS) is 22.2. The monoisotopic (exact) mass is 268 g/mol. The quantitative estimate of drug-likeness (QED) is 0.748. The van der Waals surface area contributed by atoms with E-state index in [1.54, 1.807) is 0 Å². The summed E-state index contributed by atoms with van der Waals surface area (Å²) >= 11 is 0. The van der Waals surface area contributed by atoms with Gasteiger partial charge in [0.25, 0.3) is 0 Å². The molecule has 2 rings (SSSR count). The molecule has 18 heavy (non-hydrogen) atoms. The molecular weight excluding hydrogens is 252 g/mol. The van der Waals surface area contributed by atoms with Gasteiger partial charge in [0.05, 0.1) is 23.7 Å². The zero-order valence-electron chi connectivity index (χ0n) is 10.3. The summed E-state index contributed by atoms with van der Waals surface area (Å²) in [4.78, 5) is 1.97. The molecule has 0 amide bonds. The van der Waals surface area contributed by atoms with E-state index in [0.29, 0.717) is 19.5 Å². The molecule has 0 saturated carbocycles. The minimum absolute atomic E-state index is 0.0111. The summed E-state index contributed by atoms with van der Waals surface area (Å²) in [6, 6.07) is 1.83. The van der Waals surface area contributed by atoms with Crippen LogP contribution in [0.1, 0.15) is 17.9 Å². The van der Waals surface area contributed by atoms with Crippen LogP contribution in [-0.4, -0.2) is 42.6 Å². The van der Waals surface area contributed by atoms with Gasteiger partial charge in [0.1, 0.15) is 5.76 Å². The average molecular weight is 268 g/mol. The molecule has 6 heteroatoms. The fourth-order valence-corrected chi connectivity index (χ4v) is 3.96. The van der Waals surface area contributed by atoms with Crippen molar-refractivity contribution >= 4 is 9.84 Å². The van der Waals surface area contributed by atoms with E-state index in [0.717, 1.165) is 11.5 Å². The van der Waals surface area contributed by atoms with Gasteiger partial charge in [-0.05, 0) is 13.3 Å². The fraction of sp³-hybridized carbons (Fsp3) is 0.583. The molecule has 0 radical (unpaired) electrons. The maximum atomic E-state index is 11.5. The highest BCUT2D eigenvalue weighted by Gasteiger charge is 2.32. The van der Waals surface area contributed by atoms with E-state index >= 15 is 0 Å². The Balaban J connectivity index is 2.07. The molecule has 0 N–H and O–H groups in total. The van der Waals surface area contributed by atoms with E-state index in [9.17, 15) is 8.42 Å². The van der Waals surface area contributed by atoms with E-state index in [1.165, 1.54) is 0 Å². The number of terminal acetylenes is 1. The van der Waals surface area contributed by atoms with E-state index in [2.05, 4.69) is 11.1 Å². The van der Waals surface area contributed by atoms with Crippen molar-refractivity contribution in [3.8, 4) is 12.3 Å². The second kappa shape index (κ2) is 5.12. The van der Waals surface area contributed by atoms with Crippen molar-refractivity contribution in [2.45, 2.75) is 25.9 Å². The Hall–Kier alpha value is -1.32. The highest BCUT2D eigenvalue weighted by molar-refractivity contribution is 7.91. The van der Waals surface area contributed by atoms with Crippen LogP contribution in [-0.2, 0) is 16.4 Å². The molecule has 0 aliphatic carbocycles. The molecule has 1 aliphatic rings. The van der Waals surface area contributed by atoms with Gasteiger partial charge in [0.2, 0.25) is 0 Å². The molecule has 2 heterocycles. The van der Waals surface area contributed by atoms with Crippen LogP contribution < -0.4 is 0 Å². The molecule has 1 atom stereocenters. The van der Waals surface area contributed by atoms with Gasteiger partial charge >= 0.3 is 0 Å². The minimum atomic E-state index is -2.90. The molecular formula is C12H16N2O3S. The Bertz CT molecular complexity index is 556. The smallest absolute Gasteiger partial charge is 0.151 e. The van der Waals surface area contributed by atoms with Gasteiger partial charge in [0, 0.05) is 18.7 Å². The van der Waals surface area contributed by atoms with E-state index in [-0.39, 0.29) is 17.5 Å². The van der Waals surface area contributed by atoms with Crippen molar-refractivity contribution in [3.63, 3.8) is 0 Å². The van der Waals surface area contributed by atoms with Crippen molar-refractivity contribution in [1.82, 2.24) is 10.1 Å². The van der Waals surface area contributed by atoms with Gasteiger partial charge in [-0.1, -0.05) is 11.1 Å². The highest BCUT2D eigenvalue weighted by Crippen LogP contribution is 2.19. The van der Waals surface area contributed by atoms with Gasteiger partial charge in [-0.3, -0.25) is 4.90 Å². The average Bonchev–Trinajstić information content (AvgIpc) is 2.84. The molecule has 1 aromatic rings. The maximum absolute atomic E-state index is 11.5. The van der Waals surface area contributed by atoms with Gasteiger partial charge < -0.3 is 4.52 Å². The summed E-state index contributed by atoms with van der Waals surface area (Å²) in [5, 5.41) is 3.91. The zero-order chi connectivity index (χ0) is 13.2. The van der Waals surface area contributed by atoms with Crippen LogP contribution >= 0.6 is 0 Å². The second-order valence-electron chi connectivity index (χ2n) is 4.59. The fourth-order valence-electron chi connectivity index (χ4n) is 2.20. The summed E-state index contributed by atoms with van der Waals surface area (Å²) in [6.07, 6.45) is 5.98. The summed E-state index contributed by atoms with van der Waals surface area (Å²) in [6.45, 7) is 2.77. The topological polar surface area (TPSA) is 63.4 Å². The third-order valence-electron chi connectivity index (χ3n) is 3.06. The van der Waals surface area contributed by atoms with Crippen molar-refractivity contribution in [3.05, 3.63) is 17.5 Å². The van der Waals surface area contributed by atoms with Crippen molar-refractivity contribution in [2.75, 3.05) is 18.1 Å². The van der Waals surface area contributed by atoms with E-state index < -0.39 is 9.84 Å². The molecule has 1 aliphatic heterocycles. The molecule has 0 bridgehead atoms. The summed E-state index contributed by atoms with van der Waals surface area (Å²) < 4.78 is 28.0. The standard InChI is InChI=1S/C12H16N2O3S/c1-3-5-14(8-11-7-10(2)17-13-11)12-4-6-18(15,16)9-12/h1,7,12H,4-6,8-9H2,2H3. The molecule has 98 valence electrons. The first-order chi connectivity index (χ1) is 8.50. The molecule has 1 aromatic heterocycles. The molecule has 1 fully saturated rings. The van der Waals surface area contributed by atoms with Crippen LogP contribution in [0.3, 0.4) is 0 Å². The van der Waals surface area contributed by atoms with Crippen molar-refractivity contribution in [2.24, 2.45) is 0 Å². The first-order valence-electron chi connectivity index (χ1n) is 5.80. The Morgan fingerprint density at radius 2 is 2.44 bits per heavy atom. The number of sulfone groups is 1. The number of aryl methyl sites for hydroxylation is 1.